The highest BCUT2D eigenvalue weighted by atomic mass is 16.5. The summed E-state index contributed by atoms with van der Waals surface area (Å²) in [5, 5.41) is 2.85. The number of amides is 2. The number of nitrogens with zero attached hydrogens (tertiary/aromatic N) is 1. The van der Waals surface area contributed by atoms with Gasteiger partial charge in [0.2, 0.25) is 0 Å². The molecule has 2 amide bonds. The fourth-order valence-electron chi connectivity index (χ4n) is 1.72. The predicted octanol–water partition coefficient (Wildman–Crippen LogP) is 1.02. The zero-order valence-corrected chi connectivity index (χ0v) is 13.4. The average Bonchev–Trinajstić information content (AvgIpc) is 2.49. The summed E-state index contributed by atoms with van der Waals surface area (Å²) in [6, 6.07) is -0.110. The van der Waals surface area contributed by atoms with E-state index in [1.54, 1.807) is 19.1 Å². The zero-order valence-electron chi connectivity index (χ0n) is 13.4. The van der Waals surface area contributed by atoms with Crippen molar-refractivity contribution >= 4 is 12.0 Å². The number of unbranched alkanes of at least 4 members (excludes halogenated alkanes) is 1. The van der Waals surface area contributed by atoms with Gasteiger partial charge in [-0.3, -0.25) is 4.79 Å². The van der Waals surface area contributed by atoms with Gasteiger partial charge in [0.05, 0.1) is 13.7 Å². The van der Waals surface area contributed by atoms with Crippen molar-refractivity contribution in [2.24, 2.45) is 0 Å². The Kier molecular flexibility index (Phi) is 12.8. The highest BCUT2D eigenvalue weighted by molar-refractivity contribution is 5.74. The number of rotatable bonds is 12. The number of methoxy groups -OCH3 is 3. The summed E-state index contributed by atoms with van der Waals surface area (Å²) in [6.45, 7) is 2.85. The Morgan fingerprint density at radius 1 is 0.952 bits per heavy atom. The van der Waals surface area contributed by atoms with Crippen LogP contribution in [-0.4, -0.2) is 71.1 Å². The van der Waals surface area contributed by atoms with Crippen molar-refractivity contribution in [3.05, 3.63) is 0 Å². The van der Waals surface area contributed by atoms with Crippen molar-refractivity contribution in [3.63, 3.8) is 0 Å². The second-order valence-electron chi connectivity index (χ2n) is 4.59. The van der Waals surface area contributed by atoms with Crippen LogP contribution in [0.2, 0.25) is 0 Å². The molecule has 0 spiro atoms. The third-order valence-electron chi connectivity index (χ3n) is 2.94. The molecule has 0 fully saturated rings. The molecule has 0 aliphatic carbocycles. The van der Waals surface area contributed by atoms with Gasteiger partial charge in [0.1, 0.15) is 0 Å². The van der Waals surface area contributed by atoms with Crippen LogP contribution < -0.4 is 5.32 Å². The Morgan fingerprint density at radius 3 is 2.29 bits per heavy atom. The molecule has 0 aliphatic rings. The van der Waals surface area contributed by atoms with E-state index in [9.17, 15) is 9.59 Å². The number of ether oxygens (including phenoxy) is 3. The van der Waals surface area contributed by atoms with E-state index in [0.717, 1.165) is 12.8 Å². The first kappa shape index (κ1) is 19.7. The predicted molar refractivity (Wildman–Crippen MR) is 79.2 cm³/mol. The maximum atomic E-state index is 12.0. The summed E-state index contributed by atoms with van der Waals surface area (Å²) in [4.78, 5) is 24.7. The molecule has 0 atom stereocenters. The summed E-state index contributed by atoms with van der Waals surface area (Å²) in [5.41, 5.74) is 0. The van der Waals surface area contributed by atoms with Crippen LogP contribution in [0.3, 0.4) is 0 Å². The third-order valence-corrected chi connectivity index (χ3v) is 2.94. The first-order valence-electron chi connectivity index (χ1n) is 7.23. The Balaban J connectivity index is 3.89. The maximum absolute atomic E-state index is 12.0. The summed E-state index contributed by atoms with van der Waals surface area (Å²) < 4.78 is 14.6. The van der Waals surface area contributed by atoms with Gasteiger partial charge >= 0.3 is 12.0 Å². The lowest BCUT2D eigenvalue weighted by molar-refractivity contribution is -0.140. The Morgan fingerprint density at radius 2 is 1.67 bits per heavy atom. The van der Waals surface area contributed by atoms with E-state index in [1.807, 2.05) is 0 Å². The van der Waals surface area contributed by atoms with Crippen LogP contribution >= 0.6 is 0 Å². The number of hydrogen-bond donors (Lipinski definition) is 1. The van der Waals surface area contributed by atoms with E-state index in [-0.39, 0.29) is 12.0 Å². The van der Waals surface area contributed by atoms with Gasteiger partial charge in [-0.05, 0) is 19.3 Å². The van der Waals surface area contributed by atoms with Crippen LogP contribution in [0.15, 0.2) is 0 Å². The van der Waals surface area contributed by atoms with Gasteiger partial charge in [-0.2, -0.15) is 0 Å². The van der Waals surface area contributed by atoms with Crippen LogP contribution in [-0.2, 0) is 19.0 Å². The molecule has 0 bridgehead atoms. The summed E-state index contributed by atoms with van der Waals surface area (Å²) in [7, 11) is 4.62. The molecule has 0 saturated heterocycles. The van der Waals surface area contributed by atoms with Crippen LogP contribution in [0.1, 0.15) is 25.7 Å². The van der Waals surface area contributed by atoms with Crippen LogP contribution in [0.5, 0.6) is 0 Å². The lowest BCUT2D eigenvalue weighted by Crippen LogP contribution is -2.42. The molecule has 0 aliphatic heterocycles. The van der Waals surface area contributed by atoms with E-state index >= 15 is 0 Å². The zero-order chi connectivity index (χ0) is 15.9. The van der Waals surface area contributed by atoms with Crippen molar-refractivity contribution < 1.29 is 23.8 Å². The molecule has 0 aromatic heterocycles. The minimum atomic E-state index is -0.220. The highest BCUT2D eigenvalue weighted by Gasteiger charge is 2.12. The Bertz CT molecular complexity index is 287. The Hall–Kier alpha value is -1.34. The summed E-state index contributed by atoms with van der Waals surface area (Å²) in [6.07, 6.45) is 2.62. The first-order valence-corrected chi connectivity index (χ1v) is 7.23. The topological polar surface area (TPSA) is 77.1 Å². The smallest absolute Gasteiger partial charge is 0.317 e. The number of nitrogens with one attached hydrogen (secondary N) is 1. The van der Waals surface area contributed by atoms with E-state index in [2.05, 4.69) is 10.1 Å². The lowest BCUT2D eigenvalue weighted by atomic mass is 10.2. The van der Waals surface area contributed by atoms with Gasteiger partial charge < -0.3 is 24.4 Å². The van der Waals surface area contributed by atoms with Gasteiger partial charge in [-0.15, -0.1) is 0 Å². The molecule has 0 heterocycles. The molecule has 0 saturated carbocycles. The molecule has 7 nitrogen and oxygen atoms in total. The van der Waals surface area contributed by atoms with E-state index < -0.39 is 0 Å². The standard InChI is InChI=1S/C14H28N2O5/c1-19-11-6-9-16(10-12-20-2)14(18)15-8-5-4-7-13(17)21-3/h4-12H2,1-3H3,(H,15,18). The molecule has 0 unspecified atom stereocenters. The molecule has 0 radical (unpaired) electrons. The normalized spacial score (nSPS) is 10.2. The first-order chi connectivity index (χ1) is 10.2. The lowest BCUT2D eigenvalue weighted by Gasteiger charge is -2.22. The monoisotopic (exact) mass is 304 g/mol. The van der Waals surface area contributed by atoms with E-state index in [1.165, 1.54) is 7.11 Å². The number of hydrogen-bond acceptors (Lipinski definition) is 5. The minimum Gasteiger partial charge on any atom is -0.469 e. The number of carbonyl (C=O) groups is 2. The molecular weight excluding hydrogens is 276 g/mol. The largest absolute Gasteiger partial charge is 0.469 e. The van der Waals surface area contributed by atoms with Gasteiger partial charge in [0, 0.05) is 46.9 Å². The van der Waals surface area contributed by atoms with Crippen LogP contribution in [0.25, 0.3) is 0 Å². The van der Waals surface area contributed by atoms with Crippen LogP contribution in [0.4, 0.5) is 4.79 Å². The summed E-state index contributed by atoms with van der Waals surface area (Å²) in [5.74, 6) is -0.220. The van der Waals surface area contributed by atoms with Gasteiger partial charge in [0.25, 0.3) is 0 Å². The molecule has 0 aromatic rings. The molecule has 7 heteroatoms. The van der Waals surface area contributed by atoms with E-state index in [4.69, 9.17) is 9.47 Å². The highest BCUT2D eigenvalue weighted by Crippen LogP contribution is 1.98. The second kappa shape index (κ2) is 13.6. The van der Waals surface area contributed by atoms with Crippen molar-refractivity contribution in [1.29, 1.82) is 0 Å². The minimum absolute atomic E-state index is 0.110. The van der Waals surface area contributed by atoms with Crippen molar-refractivity contribution in [1.82, 2.24) is 10.2 Å². The molecule has 1 N–H and O–H groups in total. The van der Waals surface area contributed by atoms with Gasteiger partial charge in [0.15, 0.2) is 0 Å². The molecule has 21 heavy (non-hydrogen) atoms. The van der Waals surface area contributed by atoms with E-state index in [0.29, 0.717) is 45.7 Å². The molecule has 0 rings (SSSR count). The Labute approximate surface area is 126 Å². The fraction of sp³-hybridized carbons (Fsp3) is 0.857. The van der Waals surface area contributed by atoms with Gasteiger partial charge in [-0.25, -0.2) is 4.79 Å². The van der Waals surface area contributed by atoms with Crippen molar-refractivity contribution in [2.45, 2.75) is 25.7 Å². The number of esters is 1. The quantitative estimate of drug-likeness (QED) is 0.430. The molecule has 0 aromatic carbocycles. The summed E-state index contributed by atoms with van der Waals surface area (Å²) >= 11 is 0. The number of urea groups is 1. The van der Waals surface area contributed by atoms with Gasteiger partial charge in [-0.1, -0.05) is 0 Å². The maximum Gasteiger partial charge on any atom is 0.317 e. The molecular formula is C14H28N2O5. The van der Waals surface area contributed by atoms with Crippen LogP contribution in [0, 0.1) is 0 Å². The van der Waals surface area contributed by atoms with Crippen molar-refractivity contribution in [3.8, 4) is 0 Å². The van der Waals surface area contributed by atoms with Crippen molar-refractivity contribution in [2.75, 3.05) is 54.2 Å². The third kappa shape index (κ3) is 11.0. The second-order valence-corrected chi connectivity index (χ2v) is 4.59. The average molecular weight is 304 g/mol. The SMILES string of the molecule is COCCCN(CCOC)C(=O)NCCCCC(=O)OC. The molecule has 124 valence electrons. The number of carbonyl (C=O) groups excluding carboxylic acids is 2. The fourth-order valence-corrected chi connectivity index (χ4v) is 1.72.